The Kier molecular flexibility index (Phi) is 2.86. The average Bonchev–Trinajstić information content (AvgIpc) is 2.13. The Bertz CT molecular complexity index is 162. The van der Waals surface area contributed by atoms with Gasteiger partial charge in [-0.15, -0.1) is 0 Å². The van der Waals surface area contributed by atoms with E-state index in [9.17, 15) is 5.11 Å². The van der Waals surface area contributed by atoms with Crippen LogP contribution in [-0.2, 0) is 4.74 Å². The minimum absolute atomic E-state index is 0.377. The van der Waals surface area contributed by atoms with Crippen LogP contribution in [0.15, 0.2) is 0 Å². The molecule has 2 aliphatic rings. The summed E-state index contributed by atoms with van der Waals surface area (Å²) in [5.74, 6) is 0.790. The van der Waals surface area contributed by atoms with Crippen molar-refractivity contribution in [2.45, 2.75) is 31.3 Å². The second kappa shape index (κ2) is 3.95. The van der Waals surface area contributed by atoms with Gasteiger partial charge in [0.25, 0.3) is 0 Å². The monoisotopic (exact) mass is 185 g/mol. The summed E-state index contributed by atoms with van der Waals surface area (Å²) < 4.78 is 5.30. The highest BCUT2D eigenvalue weighted by Gasteiger charge is 2.34. The lowest BCUT2D eigenvalue weighted by atomic mass is 9.85. The molecule has 2 heterocycles. The van der Waals surface area contributed by atoms with Crippen LogP contribution in [-0.4, -0.2) is 37.0 Å². The van der Waals surface area contributed by atoms with Crippen LogP contribution in [0.4, 0.5) is 0 Å². The molecule has 0 atom stereocenters. The molecule has 0 aliphatic carbocycles. The molecule has 0 saturated carbocycles. The van der Waals surface area contributed by atoms with E-state index in [1.54, 1.807) is 0 Å². The highest BCUT2D eigenvalue weighted by atomic mass is 16.5. The molecule has 0 aromatic heterocycles. The quantitative estimate of drug-likeness (QED) is 0.674. The zero-order valence-corrected chi connectivity index (χ0v) is 8.09. The van der Waals surface area contributed by atoms with E-state index >= 15 is 0 Å². The highest BCUT2D eigenvalue weighted by molar-refractivity contribution is 4.92. The molecule has 2 fully saturated rings. The van der Waals surface area contributed by atoms with Gasteiger partial charge in [0.2, 0.25) is 0 Å². The maximum Gasteiger partial charge on any atom is 0.0895 e. The van der Waals surface area contributed by atoms with Gasteiger partial charge in [0, 0.05) is 26.3 Å². The molecule has 0 bridgehead atoms. The molecule has 0 spiro atoms. The SMILES string of the molecule is OC1(CCC2CCOCC2)CNC1. The molecule has 2 saturated heterocycles. The van der Waals surface area contributed by atoms with Gasteiger partial charge in [0.15, 0.2) is 0 Å². The number of ether oxygens (including phenoxy) is 1. The Morgan fingerprint density at radius 3 is 2.54 bits per heavy atom. The van der Waals surface area contributed by atoms with Crippen LogP contribution in [0.25, 0.3) is 0 Å². The van der Waals surface area contributed by atoms with Crippen molar-refractivity contribution >= 4 is 0 Å². The lowest BCUT2D eigenvalue weighted by molar-refractivity contribution is -0.0274. The van der Waals surface area contributed by atoms with E-state index in [1.165, 1.54) is 19.3 Å². The average molecular weight is 185 g/mol. The molecule has 3 heteroatoms. The molecule has 0 unspecified atom stereocenters. The van der Waals surface area contributed by atoms with Crippen molar-refractivity contribution in [3.63, 3.8) is 0 Å². The molecule has 2 N–H and O–H groups in total. The van der Waals surface area contributed by atoms with E-state index in [2.05, 4.69) is 5.32 Å². The number of hydrogen-bond acceptors (Lipinski definition) is 3. The maximum absolute atomic E-state index is 9.85. The van der Waals surface area contributed by atoms with Crippen molar-refractivity contribution in [3.8, 4) is 0 Å². The summed E-state index contributed by atoms with van der Waals surface area (Å²) in [6, 6.07) is 0. The lowest BCUT2D eigenvalue weighted by Gasteiger charge is -2.38. The fourth-order valence-electron chi connectivity index (χ4n) is 2.10. The Balaban J connectivity index is 1.66. The van der Waals surface area contributed by atoms with Crippen LogP contribution in [0, 0.1) is 5.92 Å². The topological polar surface area (TPSA) is 41.5 Å². The van der Waals surface area contributed by atoms with Crippen molar-refractivity contribution in [2.24, 2.45) is 5.92 Å². The highest BCUT2D eigenvalue weighted by Crippen LogP contribution is 2.25. The van der Waals surface area contributed by atoms with Crippen LogP contribution in [0.5, 0.6) is 0 Å². The summed E-state index contributed by atoms with van der Waals surface area (Å²) >= 11 is 0. The van der Waals surface area contributed by atoms with Crippen molar-refractivity contribution in [2.75, 3.05) is 26.3 Å². The standard InChI is InChI=1S/C10H19NO2/c12-10(7-11-8-10)4-1-9-2-5-13-6-3-9/h9,11-12H,1-8H2. The van der Waals surface area contributed by atoms with E-state index in [0.29, 0.717) is 0 Å². The van der Waals surface area contributed by atoms with Gasteiger partial charge in [-0.05, 0) is 31.6 Å². The van der Waals surface area contributed by atoms with Crippen LogP contribution in [0.2, 0.25) is 0 Å². The first-order valence-electron chi connectivity index (χ1n) is 5.29. The number of nitrogens with one attached hydrogen (secondary N) is 1. The maximum atomic E-state index is 9.85. The predicted octanol–water partition coefficient (Wildman–Crippen LogP) is 0.527. The van der Waals surface area contributed by atoms with Crippen molar-refractivity contribution < 1.29 is 9.84 Å². The van der Waals surface area contributed by atoms with Crippen LogP contribution in [0.3, 0.4) is 0 Å². The van der Waals surface area contributed by atoms with Crippen molar-refractivity contribution in [1.82, 2.24) is 5.32 Å². The van der Waals surface area contributed by atoms with Gasteiger partial charge >= 0.3 is 0 Å². The molecular formula is C10H19NO2. The first-order chi connectivity index (χ1) is 6.29. The third kappa shape index (κ3) is 2.42. The van der Waals surface area contributed by atoms with E-state index < -0.39 is 0 Å². The first-order valence-corrected chi connectivity index (χ1v) is 5.29. The fraction of sp³-hybridized carbons (Fsp3) is 1.00. The molecule has 0 amide bonds. The van der Waals surface area contributed by atoms with Gasteiger partial charge in [-0.2, -0.15) is 0 Å². The van der Waals surface area contributed by atoms with Gasteiger partial charge in [-0.25, -0.2) is 0 Å². The van der Waals surface area contributed by atoms with Gasteiger partial charge in [0.1, 0.15) is 0 Å². The first kappa shape index (κ1) is 9.44. The Labute approximate surface area is 79.5 Å². The Hall–Kier alpha value is -0.120. The van der Waals surface area contributed by atoms with E-state index in [4.69, 9.17) is 4.74 Å². The number of β-amino-alcohol motifs (C(OH)–C–C–N with tert-alkyl or cyclic N) is 1. The van der Waals surface area contributed by atoms with Gasteiger partial charge in [-0.3, -0.25) is 0 Å². The molecule has 0 radical (unpaired) electrons. The normalized spacial score (nSPS) is 28.4. The molecule has 13 heavy (non-hydrogen) atoms. The molecule has 0 aromatic rings. The Morgan fingerprint density at radius 2 is 2.00 bits per heavy atom. The van der Waals surface area contributed by atoms with Gasteiger partial charge in [0.05, 0.1) is 5.60 Å². The molecule has 0 aromatic carbocycles. The number of hydrogen-bond donors (Lipinski definition) is 2. The van der Waals surface area contributed by atoms with Crippen molar-refractivity contribution in [1.29, 1.82) is 0 Å². The second-order valence-electron chi connectivity index (χ2n) is 4.42. The lowest BCUT2D eigenvalue weighted by Crippen LogP contribution is -2.59. The molecule has 2 aliphatic heterocycles. The van der Waals surface area contributed by atoms with Gasteiger partial charge < -0.3 is 15.2 Å². The Morgan fingerprint density at radius 1 is 1.31 bits per heavy atom. The van der Waals surface area contributed by atoms with Crippen LogP contribution < -0.4 is 5.32 Å². The third-order valence-corrected chi connectivity index (χ3v) is 3.27. The van der Waals surface area contributed by atoms with Crippen LogP contribution >= 0.6 is 0 Å². The summed E-state index contributed by atoms with van der Waals surface area (Å²) in [6.07, 6.45) is 4.50. The third-order valence-electron chi connectivity index (χ3n) is 3.27. The van der Waals surface area contributed by atoms with Crippen LogP contribution in [0.1, 0.15) is 25.7 Å². The van der Waals surface area contributed by atoms with Crippen molar-refractivity contribution in [3.05, 3.63) is 0 Å². The molecule has 3 nitrogen and oxygen atoms in total. The van der Waals surface area contributed by atoms with E-state index in [-0.39, 0.29) is 5.60 Å². The minimum atomic E-state index is -0.377. The number of rotatable bonds is 3. The predicted molar refractivity (Wildman–Crippen MR) is 50.6 cm³/mol. The van der Waals surface area contributed by atoms with Gasteiger partial charge in [-0.1, -0.05) is 0 Å². The summed E-state index contributed by atoms with van der Waals surface area (Å²) in [5.41, 5.74) is -0.377. The number of aliphatic hydroxyl groups is 1. The summed E-state index contributed by atoms with van der Waals surface area (Å²) in [6.45, 7) is 3.41. The van der Waals surface area contributed by atoms with E-state index in [0.717, 1.165) is 38.6 Å². The molecular weight excluding hydrogens is 166 g/mol. The minimum Gasteiger partial charge on any atom is -0.387 e. The summed E-state index contributed by atoms with van der Waals surface area (Å²) in [5, 5.41) is 13.0. The second-order valence-corrected chi connectivity index (χ2v) is 4.42. The van der Waals surface area contributed by atoms with E-state index in [1.807, 2.05) is 0 Å². The zero-order chi connectivity index (χ0) is 9.15. The smallest absolute Gasteiger partial charge is 0.0895 e. The molecule has 76 valence electrons. The zero-order valence-electron chi connectivity index (χ0n) is 8.09. The summed E-state index contributed by atoms with van der Waals surface area (Å²) in [4.78, 5) is 0. The fourth-order valence-corrected chi connectivity index (χ4v) is 2.10. The summed E-state index contributed by atoms with van der Waals surface area (Å²) in [7, 11) is 0. The largest absolute Gasteiger partial charge is 0.387 e. The molecule has 2 rings (SSSR count).